The van der Waals surface area contributed by atoms with E-state index in [4.69, 9.17) is 4.74 Å². The molecule has 1 N–H and O–H groups in total. The van der Waals surface area contributed by atoms with Gasteiger partial charge in [0.15, 0.2) is 0 Å². The fraction of sp³-hybridized carbons (Fsp3) is 0.250. The summed E-state index contributed by atoms with van der Waals surface area (Å²) in [7, 11) is 0. The maximum absolute atomic E-state index is 12.6. The Morgan fingerprint density at radius 3 is 2.73 bits per heavy atom. The van der Waals surface area contributed by atoms with Gasteiger partial charge in [0.25, 0.3) is 5.91 Å². The Morgan fingerprint density at radius 2 is 2.00 bits per heavy atom. The fourth-order valence-electron chi connectivity index (χ4n) is 3.07. The molecule has 0 radical (unpaired) electrons. The Morgan fingerprint density at radius 1 is 1.15 bits per heavy atom. The van der Waals surface area contributed by atoms with E-state index in [0.29, 0.717) is 18.8 Å². The number of ether oxygens (including phenoxy) is 1. The molecule has 1 aliphatic heterocycles. The van der Waals surface area contributed by atoms with Gasteiger partial charge in [0, 0.05) is 17.7 Å². The van der Waals surface area contributed by atoms with Crippen LogP contribution in [0.1, 0.15) is 21.8 Å². The first-order valence-electron chi connectivity index (χ1n) is 8.59. The Hall–Kier alpha value is -2.57. The van der Waals surface area contributed by atoms with Crippen LogP contribution in [0.25, 0.3) is 21.7 Å². The number of rotatable bonds is 4. The zero-order valence-electron chi connectivity index (χ0n) is 14.4. The number of nitrogens with zero attached hydrogens (tertiary/aromatic N) is 2. The second-order valence-electron chi connectivity index (χ2n) is 6.29. The smallest absolute Gasteiger partial charge is 0.251 e. The molecular formula is C20H19N3O2S. The second-order valence-corrected chi connectivity index (χ2v) is 7.47. The number of hydrogen-bond acceptors (Lipinski definition) is 5. The summed E-state index contributed by atoms with van der Waals surface area (Å²) in [4.78, 5) is 12.6. The maximum atomic E-state index is 12.6. The monoisotopic (exact) mass is 365 g/mol. The van der Waals surface area contributed by atoms with Crippen molar-refractivity contribution in [2.24, 2.45) is 0 Å². The first kappa shape index (κ1) is 16.9. The highest BCUT2D eigenvalue weighted by Crippen LogP contribution is 2.33. The lowest BCUT2D eigenvalue weighted by Crippen LogP contribution is -2.34. The van der Waals surface area contributed by atoms with E-state index in [0.717, 1.165) is 33.1 Å². The number of benzene rings is 2. The molecule has 2 heterocycles. The summed E-state index contributed by atoms with van der Waals surface area (Å²) in [5.74, 6) is -0.0633. The van der Waals surface area contributed by atoms with Crippen molar-refractivity contribution in [3.05, 3.63) is 59.1 Å². The largest absolute Gasteiger partial charge is 0.379 e. The predicted octanol–water partition coefficient (Wildman–Crippen LogP) is 3.70. The minimum Gasteiger partial charge on any atom is -0.379 e. The zero-order chi connectivity index (χ0) is 17.9. The summed E-state index contributed by atoms with van der Waals surface area (Å²) in [6.45, 7) is 3.24. The van der Waals surface area contributed by atoms with Crippen LogP contribution in [0, 0.1) is 6.92 Å². The van der Waals surface area contributed by atoms with E-state index in [9.17, 15) is 4.79 Å². The van der Waals surface area contributed by atoms with E-state index >= 15 is 0 Å². The van der Waals surface area contributed by atoms with Crippen LogP contribution < -0.4 is 5.32 Å². The van der Waals surface area contributed by atoms with Gasteiger partial charge in [-0.3, -0.25) is 4.79 Å². The highest BCUT2D eigenvalue weighted by atomic mass is 32.1. The van der Waals surface area contributed by atoms with E-state index in [1.54, 1.807) is 11.3 Å². The number of aryl methyl sites for hydroxylation is 1. The quantitative estimate of drug-likeness (QED) is 0.766. The van der Waals surface area contributed by atoms with Gasteiger partial charge >= 0.3 is 0 Å². The minimum atomic E-state index is -0.0633. The number of carbonyl (C=O) groups is 1. The molecule has 0 aliphatic carbocycles. The molecule has 132 valence electrons. The third-order valence-corrected chi connectivity index (χ3v) is 5.26. The van der Waals surface area contributed by atoms with Gasteiger partial charge in [-0.25, -0.2) is 0 Å². The minimum absolute atomic E-state index is 0.0633. The normalized spacial score (nSPS) is 16.6. The Kier molecular flexibility index (Phi) is 4.77. The molecule has 1 atom stereocenters. The molecule has 5 nitrogen and oxygen atoms in total. The molecule has 2 aromatic carbocycles. The Balaban J connectivity index is 1.66. The molecule has 3 aromatic rings. The van der Waals surface area contributed by atoms with Gasteiger partial charge < -0.3 is 10.1 Å². The zero-order valence-corrected chi connectivity index (χ0v) is 15.3. The molecule has 6 heteroatoms. The van der Waals surface area contributed by atoms with Crippen molar-refractivity contribution in [1.29, 1.82) is 0 Å². The molecule has 4 rings (SSSR count). The predicted molar refractivity (Wildman–Crippen MR) is 102 cm³/mol. The summed E-state index contributed by atoms with van der Waals surface area (Å²) in [6.07, 6.45) is 0.866. The average molecular weight is 365 g/mol. The molecule has 1 aliphatic rings. The van der Waals surface area contributed by atoms with Gasteiger partial charge in [-0.05, 0) is 36.6 Å². The third kappa shape index (κ3) is 3.52. The lowest BCUT2D eigenvalue weighted by Gasteiger charge is -2.12. The van der Waals surface area contributed by atoms with Crippen molar-refractivity contribution < 1.29 is 9.53 Å². The van der Waals surface area contributed by atoms with Crippen molar-refractivity contribution in [3.63, 3.8) is 0 Å². The average Bonchev–Trinajstić information content (AvgIpc) is 3.33. The molecule has 26 heavy (non-hydrogen) atoms. The van der Waals surface area contributed by atoms with Gasteiger partial charge in [0.1, 0.15) is 10.0 Å². The van der Waals surface area contributed by atoms with Crippen molar-refractivity contribution in [3.8, 4) is 21.7 Å². The van der Waals surface area contributed by atoms with Gasteiger partial charge in [-0.1, -0.05) is 47.7 Å². The molecule has 1 aromatic heterocycles. The molecule has 0 spiro atoms. The van der Waals surface area contributed by atoms with Crippen molar-refractivity contribution in [1.82, 2.24) is 15.5 Å². The first-order valence-corrected chi connectivity index (χ1v) is 9.41. The molecular weight excluding hydrogens is 346 g/mol. The van der Waals surface area contributed by atoms with Crippen molar-refractivity contribution in [2.45, 2.75) is 19.4 Å². The summed E-state index contributed by atoms with van der Waals surface area (Å²) in [5, 5.41) is 13.3. The molecule has 1 saturated heterocycles. The third-order valence-electron chi connectivity index (χ3n) is 4.38. The number of nitrogens with one attached hydrogen (secondary N) is 1. The summed E-state index contributed by atoms with van der Waals surface area (Å²) in [5.41, 5.74) is 3.71. The number of hydrogen-bond donors (Lipinski definition) is 1. The van der Waals surface area contributed by atoms with Gasteiger partial charge in [0.05, 0.1) is 12.6 Å². The van der Waals surface area contributed by atoms with Crippen LogP contribution in [0.3, 0.4) is 0 Å². The Bertz CT molecular complexity index is 932. The molecule has 0 saturated carbocycles. The molecule has 1 amide bonds. The molecule has 0 unspecified atom stereocenters. The highest BCUT2D eigenvalue weighted by Gasteiger charge is 2.19. The lowest BCUT2D eigenvalue weighted by molar-refractivity contribution is 0.0930. The Labute approximate surface area is 156 Å². The number of aromatic nitrogens is 2. The van der Waals surface area contributed by atoms with Gasteiger partial charge in [-0.15, -0.1) is 10.2 Å². The van der Waals surface area contributed by atoms with Gasteiger partial charge in [-0.2, -0.15) is 0 Å². The van der Waals surface area contributed by atoms with Crippen LogP contribution in [-0.4, -0.2) is 35.4 Å². The second kappa shape index (κ2) is 7.35. The molecule has 0 bridgehead atoms. The van der Waals surface area contributed by atoms with E-state index in [1.807, 2.05) is 55.5 Å². The standard InChI is InChI=1S/C20H19N3O2S/c1-13-22-23-20(26-13)18-8-3-2-7-17(18)14-5-4-6-15(11-14)19(24)21-16-9-10-25-12-16/h2-8,11,16H,9-10,12H2,1H3,(H,21,24)/t16-/m1/s1. The first-order chi connectivity index (χ1) is 12.7. The number of carbonyl (C=O) groups excluding carboxylic acids is 1. The summed E-state index contributed by atoms with van der Waals surface area (Å²) in [6, 6.07) is 15.9. The lowest BCUT2D eigenvalue weighted by atomic mass is 9.98. The van der Waals surface area contributed by atoms with Crippen LogP contribution in [0.5, 0.6) is 0 Å². The van der Waals surface area contributed by atoms with Crippen LogP contribution in [-0.2, 0) is 4.74 Å². The van der Waals surface area contributed by atoms with Crippen LogP contribution >= 0.6 is 11.3 Å². The summed E-state index contributed by atoms with van der Waals surface area (Å²) >= 11 is 1.57. The topological polar surface area (TPSA) is 64.1 Å². The van der Waals surface area contributed by atoms with Crippen molar-refractivity contribution >= 4 is 17.2 Å². The van der Waals surface area contributed by atoms with E-state index in [2.05, 4.69) is 15.5 Å². The molecule has 1 fully saturated rings. The van der Waals surface area contributed by atoms with Crippen molar-refractivity contribution in [2.75, 3.05) is 13.2 Å². The summed E-state index contributed by atoms with van der Waals surface area (Å²) < 4.78 is 5.33. The maximum Gasteiger partial charge on any atom is 0.251 e. The van der Waals surface area contributed by atoms with Crippen LogP contribution in [0.4, 0.5) is 0 Å². The number of amides is 1. The van der Waals surface area contributed by atoms with Crippen LogP contribution in [0.2, 0.25) is 0 Å². The van der Waals surface area contributed by atoms with E-state index < -0.39 is 0 Å². The van der Waals surface area contributed by atoms with Crippen LogP contribution in [0.15, 0.2) is 48.5 Å². The highest BCUT2D eigenvalue weighted by molar-refractivity contribution is 7.14. The fourth-order valence-corrected chi connectivity index (χ4v) is 3.80. The SMILES string of the molecule is Cc1nnc(-c2ccccc2-c2cccc(C(=O)N[C@@H]3CCOC3)c2)s1. The van der Waals surface area contributed by atoms with E-state index in [1.165, 1.54) is 0 Å². The van der Waals surface area contributed by atoms with Gasteiger partial charge in [0.2, 0.25) is 0 Å². The van der Waals surface area contributed by atoms with E-state index in [-0.39, 0.29) is 11.9 Å².